The van der Waals surface area contributed by atoms with Crippen molar-refractivity contribution in [3.8, 4) is 5.75 Å². The monoisotopic (exact) mass is 283 g/mol. The number of ether oxygens (including phenoxy) is 1. The molecule has 0 aliphatic carbocycles. The van der Waals surface area contributed by atoms with Gasteiger partial charge in [0.25, 0.3) is 5.91 Å². The number of rotatable bonds is 2. The Morgan fingerprint density at radius 3 is 2.76 bits per heavy atom. The summed E-state index contributed by atoms with van der Waals surface area (Å²) >= 11 is 0. The molecule has 0 radical (unpaired) electrons. The Morgan fingerprint density at radius 1 is 1.14 bits per heavy atom. The predicted octanol–water partition coefficient (Wildman–Crippen LogP) is 1.77. The van der Waals surface area contributed by atoms with Crippen molar-refractivity contribution in [2.45, 2.75) is 6.54 Å². The first-order valence-electron chi connectivity index (χ1n) is 6.81. The summed E-state index contributed by atoms with van der Waals surface area (Å²) in [6.07, 6.45) is 0. The van der Waals surface area contributed by atoms with E-state index in [1.54, 1.807) is 18.2 Å². The summed E-state index contributed by atoms with van der Waals surface area (Å²) in [4.78, 5) is 13.7. The summed E-state index contributed by atoms with van der Waals surface area (Å²) in [6.45, 7) is 1.80. The molecule has 1 heterocycles. The number of benzene rings is 2. The maximum atomic E-state index is 11.7. The lowest BCUT2D eigenvalue weighted by Crippen LogP contribution is -2.29. The molecule has 2 aromatic carbocycles. The summed E-state index contributed by atoms with van der Waals surface area (Å²) in [5, 5.41) is 0. The van der Waals surface area contributed by atoms with Gasteiger partial charge in [0.2, 0.25) is 0 Å². The highest BCUT2D eigenvalue weighted by Crippen LogP contribution is 2.32. The highest BCUT2D eigenvalue weighted by Gasteiger charge is 2.21. The second kappa shape index (κ2) is 5.36. The number of fused-ring (bicyclic) bond motifs is 1. The van der Waals surface area contributed by atoms with Crippen molar-refractivity contribution in [3.63, 3.8) is 0 Å². The lowest BCUT2D eigenvalue weighted by molar-refractivity contribution is 0.100. The van der Waals surface area contributed by atoms with Crippen molar-refractivity contribution in [2.75, 3.05) is 23.8 Å². The number of para-hydroxylation sites is 2. The number of hydrogen-bond donors (Lipinski definition) is 2. The van der Waals surface area contributed by atoms with Gasteiger partial charge in [-0.25, -0.2) is 0 Å². The fourth-order valence-corrected chi connectivity index (χ4v) is 2.63. The van der Waals surface area contributed by atoms with Crippen LogP contribution in [0.4, 0.5) is 11.4 Å². The zero-order valence-corrected chi connectivity index (χ0v) is 11.6. The van der Waals surface area contributed by atoms with Gasteiger partial charge in [-0.3, -0.25) is 4.79 Å². The van der Waals surface area contributed by atoms with Gasteiger partial charge in [-0.15, -0.1) is 0 Å². The molecule has 0 fully saturated rings. The summed E-state index contributed by atoms with van der Waals surface area (Å²) in [7, 11) is 0. The maximum absolute atomic E-state index is 11.7. The SMILES string of the molecule is NC(=O)c1cccc(N)c1N1CCOc2ccccc2C1. The van der Waals surface area contributed by atoms with Gasteiger partial charge >= 0.3 is 0 Å². The fourth-order valence-electron chi connectivity index (χ4n) is 2.63. The molecular formula is C16H17N3O2. The van der Waals surface area contributed by atoms with Crippen molar-refractivity contribution < 1.29 is 9.53 Å². The van der Waals surface area contributed by atoms with Gasteiger partial charge in [0.05, 0.1) is 23.5 Å². The predicted molar refractivity (Wildman–Crippen MR) is 82.4 cm³/mol. The van der Waals surface area contributed by atoms with Crippen LogP contribution in [0.1, 0.15) is 15.9 Å². The average molecular weight is 283 g/mol. The van der Waals surface area contributed by atoms with Crippen LogP contribution >= 0.6 is 0 Å². The van der Waals surface area contributed by atoms with Gasteiger partial charge in [0.15, 0.2) is 0 Å². The lowest BCUT2D eigenvalue weighted by Gasteiger charge is -2.25. The molecule has 2 aromatic rings. The molecule has 0 unspecified atom stereocenters. The summed E-state index contributed by atoms with van der Waals surface area (Å²) in [5.41, 5.74) is 14.3. The van der Waals surface area contributed by atoms with E-state index >= 15 is 0 Å². The molecule has 21 heavy (non-hydrogen) atoms. The van der Waals surface area contributed by atoms with Gasteiger partial charge in [0.1, 0.15) is 12.4 Å². The van der Waals surface area contributed by atoms with E-state index in [1.165, 1.54) is 0 Å². The van der Waals surface area contributed by atoms with Crippen molar-refractivity contribution in [1.82, 2.24) is 0 Å². The van der Waals surface area contributed by atoms with Gasteiger partial charge < -0.3 is 21.1 Å². The molecule has 5 heteroatoms. The van der Waals surface area contributed by atoms with Crippen molar-refractivity contribution >= 4 is 17.3 Å². The van der Waals surface area contributed by atoms with Gasteiger partial charge in [-0.2, -0.15) is 0 Å². The van der Waals surface area contributed by atoms with Crippen LogP contribution in [0.5, 0.6) is 5.75 Å². The Kier molecular flexibility index (Phi) is 3.39. The molecule has 5 nitrogen and oxygen atoms in total. The molecule has 1 amide bonds. The highest BCUT2D eigenvalue weighted by atomic mass is 16.5. The van der Waals surface area contributed by atoms with Crippen LogP contribution in [0.2, 0.25) is 0 Å². The Morgan fingerprint density at radius 2 is 1.95 bits per heavy atom. The van der Waals surface area contributed by atoms with E-state index in [1.807, 2.05) is 29.2 Å². The van der Waals surface area contributed by atoms with Crippen LogP contribution in [0, 0.1) is 0 Å². The van der Waals surface area contributed by atoms with E-state index in [0.29, 0.717) is 36.6 Å². The zero-order chi connectivity index (χ0) is 14.8. The topological polar surface area (TPSA) is 81.6 Å². The Hall–Kier alpha value is -2.69. The maximum Gasteiger partial charge on any atom is 0.250 e. The number of nitrogens with zero attached hydrogens (tertiary/aromatic N) is 1. The molecule has 3 rings (SSSR count). The number of carbonyl (C=O) groups excluding carboxylic acids is 1. The molecule has 0 saturated heterocycles. The zero-order valence-electron chi connectivity index (χ0n) is 11.6. The normalized spacial score (nSPS) is 14.0. The third kappa shape index (κ3) is 2.50. The summed E-state index contributed by atoms with van der Waals surface area (Å²) in [5.74, 6) is 0.394. The van der Waals surface area contributed by atoms with E-state index in [0.717, 1.165) is 11.3 Å². The molecular weight excluding hydrogens is 266 g/mol. The highest BCUT2D eigenvalue weighted by molar-refractivity contribution is 6.01. The minimum Gasteiger partial charge on any atom is -0.491 e. The second-order valence-corrected chi connectivity index (χ2v) is 4.99. The van der Waals surface area contributed by atoms with Gasteiger partial charge in [-0.1, -0.05) is 24.3 Å². The quantitative estimate of drug-likeness (QED) is 0.823. The van der Waals surface area contributed by atoms with Crippen LogP contribution in [0.3, 0.4) is 0 Å². The van der Waals surface area contributed by atoms with Crippen molar-refractivity contribution in [2.24, 2.45) is 5.73 Å². The number of carbonyl (C=O) groups is 1. The van der Waals surface area contributed by atoms with Crippen molar-refractivity contribution in [1.29, 1.82) is 0 Å². The van der Waals surface area contributed by atoms with E-state index < -0.39 is 5.91 Å². The molecule has 108 valence electrons. The van der Waals surface area contributed by atoms with E-state index in [2.05, 4.69) is 0 Å². The smallest absolute Gasteiger partial charge is 0.250 e. The summed E-state index contributed by atoms with van der Waals surface area (Å²) < 4.78 is 5.74. The van der Waals surface area contributed by atoms with Gasteiger partial charge in [0, 0.05) is 12.1 Å². The molecule has 4 N–H and O–H groups in total. The minimum atomic E-state index is -0.476. The molecule has 0 aromatic heterocycles. The number of nitrogen functional groups attached to an aromatic ring is 1. The van der Waals surface area contributed by atoms with Crippen molar-refractivity contribution in [3.05, 3.63) is 53.6 Å². The fraction of sp³-hybridized carbons (Fsp3) is 0.188. The first kappa shape index (κ1) is 13.3. The molecule has 0 bridgehead atoms. The molecule has 0 atom stereocenters. The Bertz CT molecular complexity index is 685. The molecule has 0 saturated carbocycles. The number of hydrogen-bond acceptors (Lipinski definition) is 4. The first-order chi connectivity index (χ1) is 10.2. The van der Waals surface area contributed by atoms with Gasteiger partial charge in [-0.05, 0) is 18.2 Å². The van der Waals surface area contributed by atoms with Crippen LogP contribution in [-0.4, -0.2) is 19.1 Å². The second-order valence-electron chi connectivity index (χ2n) is 4.99. The Balaban J connectivity index is 2.04. The van der Waals surface area contributed by atoms with E-state index in [9.17, 15) is 4.79 Å². The van der Waals surface area contributed by atoms with Crippen LogP contribution in [-0.2, 0) is 6.54 Å². The molecule has 1 aliphatic heterocycles. The number of anilines is 2. The minimum absolute atomic E-state index is 0.439. The average Bonchev–Trinajstić information content (AvgIpc) is 2.68. The number of primary amides is 1. The molecule has 1 aliphatic rings. The van der Waals surface area contributed by atoms with Crippen LogP contribution in [0.15, 0.2) is 42.5 Å². The lowest BCUT2D eigenvalue weighted by atomic mass is 10.1. The van der Waals surface area contributed by atoms with E-state index in [4.69, 9.17) is 16.2 Å². The number of nitrogens with two attached hydrogens (primary N) is 2. The summed E-state index contributed by atoms with van der Waals surface area (Å²) in [6, 6.07) is 13.1. The first-order valence-corrected chi connectivity index (χ1v) is 6.81. The largest absolute Gasteiger partial charge is 0.491 e. The standard InChI is InChI=1S/C16H17N3O2/c17-13-6-3-5-12(16(18)20)15(13)19-8-9-21-14-7-2-1-4-11(14)10-19/h1-7H,8-10,17H2,(H2,18,20). The number of amides is 1. The third-order valence-corrected chi connectivity index (χ3v) is 3.60. The van der Waals surface area contributed by atoms with E-state index in [-0.39, 0.29) is 0 Å². The Labute approximate surface area is 123 Å². The van der Waals surface area contributed by atoms with Crippen LogP contribution in [0.25, 0.3) is 0 Å². The molecule has 0 spiro atoms. The van der Waals surface area contributed by atoms with Crippen LogP contribution < -0.4 is 21.1 Å². The third-order valence-electron chi connectivity index (χ3n) is 3.60.